The fourth-order valence-corrected chi connectivity index (χ4v) is 4.72. The molecule has 118 valence electrons. The lowest BCUT2D eigenvalue weighted by molar-refractivity contribution is -0.115. The molecule has 1 aliphatic carbocycles. The predicted molar refractivity (Wildman–Crippen MR) is 93.1 cm³/mol. The van der Waals surface area contributed by atoms with E-state index >= 15 is 0 Å². The average molecular weight is 344 g/mol. The van der Waals surface area contributed by atoms with Crippen LogP contribution in [0.3, 0.4) is 0 Å². The van der Waals surface area contributed by atoms with Gasteiger partial charge in [0.2, 0.25) is 5.91 Å². The van der Waals surface area contributed by atoms with Crippen molar-refractivity contribution in [3.05, 3.63) is 40.3 Å². The van der Waals surface area contributed by atoms with Crippen molar-refractivity contribution in [1.82, 2.24) is 0 Å². The number of nitrogens with one attached hydrogen (secondary N) is 1. The maximum Gasteiger partial charge on any atom is 0.238 e. The number of benzene rings is 1. The molecular formula is C17H16N2O2S2. The first-order chi connectivity index (χ1) is 11.1. The zero-order valence-corrected chi connectivity index (χ0v) is 14.3. The number of aromatic hydroxyl groups is 1. The molecule has 0 saturated heterocycles. The second kappa shape index (κ2) is 6.65. The SMILES string of the molecule is CC(Sc1ccc(O)cc1)C(=O)Nc1sc2c(c1C#N)CCC2. The number of nitrogens with zero attached hydrogens (tertiary/aromatic N) is 1. The molecule has 1 unspecified atom stereocenters. The number of rotatable bonds is 4. The van der Waals surface area contributed by atoms with Gasteiger partial charge in [-0.25, -0.2) is 0 Å². The number of hydrogen-bond acceptors (Lipinski definition) is 5. The van der Waals surface area contributed by atoms with Crippen LogP contribution in [-0.2, 0) is 17.6 Å². The van der Waals surface area contributed by atoms with Gasteiger partial charge in [-0.15, -0.1) is 23.1 Å². The summed E-state index contributed by atoms with van der Waals surface area (Å²) in [5.74, 6) is 0.0951. The molecule has 1 aromatic carbocycles. The van der Waals surface area contributed by atoms with Crippen molar-refractivity contribution in [2.75, 3.05) is 5.32 Å². The Hall–Kier alpha value is -1.97. The molecule has 1 amide bonds. The second-order valence-corrected chi connectivity index (χ2v) is 7.94. The number of thiophene rings is 1. The van der Waals surface area contributed by atoms with Gasteiger partial charge in [-0.05, 0) is 56.0 Å². The van der Waals surface area contributed by atoms with Crippen LogP contribution in [0, 0.1) is 11.3 Å². The minimum atomic E-state index is -0.289. The van der Waals surface area contributed by atoms with Crippen LogP contribution in [0.25, 0.3) is 0 Å². The first kappa shape index (κ1) is 15.9. The van der Waals surface area contributed by atoms with Gasteiger partial charge in [0.15, 0.2) is 0 Å². The number of fused-ring (bicyclic) bond motifs is 1. The monoisotopic (exact) mass is 344 g/mol. The van der Waals surface area contributed by atoms with Crippen LogP contribution in [0.4, 0.5) is 5.00 Å². The van der Waals surface area contributed by atoms with Crippen LogP contribution in [0.2, 0.25) is 0 Å². The summed E-state index contributed by atoms with van der Waals surface area (Å²) >= 11 is 2.95. The first-order valence-corrected chi connectivity index (χ1v) is 9.09. The molecule has 3 rings (SSSR count). The van der Waals surface area contributed by atoms with Gasteiger partial charge in [-0.1, -0.05) is 0 Å². The van der Waals surface area contributed by atoms with E-state index in [9.17, 15) is 15.2 Å². The molecule has 0 radical (unpaired) electrons. The van der Waals surface area contributed by atoms with Crippen LogP contribution in [0.15, 0.2) is 29.2 Å². The zero-order valence-electron chi connectivity index (χ0n) is 12.6. The lowest BCUT2D eigenvalue weighted by Gasteiger charge is -2.11. The Bertz CT molecular complexity index is 775. The van der Waals surface area contributed by atoms with Gasteiger partial charge in [0, 0.05) is 9.77 Å². The smallest absolute Gasteiger partial charge is 0.238 e. The third kappa shape index (κ3) is 3.36. The largest absolute Gasteiger partial charge is 0.508 e. The van der Waals surface area contributed by atoms with E-state index in [4.69, 9.17) is 0 Å². The van der Waals surface area contributed by atoms with E-state index < -0.39 is 0 Å². The van der Waals surface area contributed by atoms with Gasteiger partial charge in [0.25, 0.3) is 0 Å². The van der Waals surface area contributed by atoms with Gasteiger partial charge < -0.3 is 10.4 Å². The zero-order chi connectivity index (χ0) is 16.4. The van der Waals surface area contributed by atoms with Crippen molar-refractivity contribution in [3.8, 4) is 11.8 Å². The number of phenols is 1. The molecule has 1 atom stereocenters. The average Bonchev–Trinajstić information content (AvgIpc) is 3.09. The number of hydrogen-bond donors (Lipinski definition) is 2. The summed E-state index contributed by atoms with van der Waals surface area (Å²) < 4.78 is 0. The Labute approximate surface area is 143 Å². The van der Waals surface area contributed by atoms with E-state index in [1.54, 1.807) is 24.3 Å². The Kier molecular flexibility index (Phi) is 4.60. The minimum Gasteiger partial charge on any atom is -0.508 e. The lowest BCUT2D eigenvalue weighted by atomic mass is 10.1. The van der Waals surface area contributed by atoms with Crippen LogP contribution >= 0.6 is 23.1 Å². The van der Waals surface area contributed by atoms with E-state index in [0.717, 1.165) is 29.7 Å². The number of phenolic OH excluding ortho intramolecular Hbond substituents is 1. The van der Waals surface area contributed by atoms with Crippen LogP contribution < -0.4 is 5.32 Å². The molecule has 2 aromatic rings. The normalized spacial score (nSPS) is 14.1. The van der Waals surface area contributed by atoms with E-state index in [-0.39, 0.29) is 16.9 Å². The summed E-state index contributed by atoms with van der Waals surface area (Å²) in [5.41, 5.74) is 1.75. The fraction of sp³-hybridized carbons (Fsp3) is 0.294. The highest BCUT2D eigenvalue weighted by Gasteiger charge is 2.24. The molecule has 0 spiro atoms. The van der Waals surface area contributed by atoms with Crippen molar-refractivity contribution >= 4 is 34.0 Å². The highest BCUT2D eigenvalue weighted by Crippen LogP contribution is 2.39. The number of anilines is 1. The third-order valence-corrected chi connectivity index (χ3v) is 6.11. The molecule has 0 bridgehead atoms. The number of nitriles is 1. The molecule has 0 fully saturated rings. The molecule has 23 heavy (non-hydrogen) atoms. The quantitative estimate of drug-likeness (QED) is 0.824. The minimum absolute atomic E-state index is 0.112. The lowest BCUT2D eigenvalue weighted by Crippen LogP contribution is -2.22. The van der Waals surface area contributed by atoms with Crippen LogP contribution in [0.5, 0.6) is 5.75 Å². The number of amides is 1. The topological polar surface area (TPSA) is 73.1 Å². The summed E-state index contributed by atoms with van der Waals surface area (Å²) in [5, 5.41) is 22.0. The molecule has 0 aliphatic heterocycles. The van der Waals surface area contributed by atoms with E-state index in [2.05, 4.69) is 11.4 Å². The Morgan fingerprint density at radius 2 is 2.13 bits per heavy atom. The van der Waals surface area contributed by atoms with Crippen molar-refractivity contribution in [1.29, 1.82) is 5.26 Å². The molecular weight excluding hydrogens is 328 g/mol. The maximum atomic E-state index is 12.4. The summed E-state index contributed by atoms with van der Waals surface area (Å²) in [6.07, 6.45) is 3.03. The number of thioether (sulfide) groups is 1. The number of aryl methyl sites for hydroxylation is 1. The van der Waals surface area contributed by atoms with Gasteiger partial charge in [0.1, 0.15) is 16.8 Å². The Morgan fingerprint density at radius 3 is 2.83 bits per heavy atom. The fourth-order valence-electron chi connectivity index (χ4n) is 2.61. The summed E-state index contributed by atoms with van der Waals surface area (Å²) in [7, 11) is 0. The van der Waals surface area contributed by atoms with Gasteiger partial charge >= 0.3 is 0 Å². The summed E-state index contributed by atoms with van der Waals surface area (Å²) in [6, 6.07) is 9.00. The molecule has 0 saturated carbocycles. The molecule has 1 heterocycles. The molecule has 2 N–H and O–H groups in total. The van der Waals surface area contributed by atoms with E-state index in [0.29, 0.717) is 10.6 Å². The van der Waals surface area contributed by atoms with Crippen molar-refractivity contribution in [2.45, 2.75) is 36.3 Å². The van der Waals surface area contributed by atoms with E-state index in [1.165, 1.54) is 28.0 Å². The third-order valence-electron chi connectivity index (χ3n) is 3.79. The van der Waals surface area contributed by atoms with Gasteiger partial charge in [-0.2, -0.15) is 5.26 Å². The highest BCUT2D eigenvalue weighted by atomic mass is 32.2. The van der Waals surface area contributed by atoms with Gasteiger partial charge in [0.05, 0.1) is 10.8 Å². The number of carbonyl (C=O) groups is 1. The molecule has 6 heteroatoms. The standard InChI is InChI=1S/C17H16N2O2S2/c1-10(22-12-7-5-11(20)6-8-12)16(21)19-17-14(9-18)13-3-2-4-15(13)23-17/h5-8,10,20H,2-4H2,1H3,(H,19,21). The summed E-state index contributed by atoms with van der Waals surface area (Å²) in [6.45, 7) is 1.83. The van der Waals surface area contributed by atoms with E-state index in [1.807, 2.05) is 6.92 Å². The molecule has 1 aromatic heterocycles. The van der Waals surface area contributed by atoms with Crippen molar-refractivity contribution in [3.63, 3.8) is 0 Å². The highest BCUT2D eigenvalue weighted by molar-refractivity contribution is 8.00. The maximum absolute atomic E-state index is 12.4. The molecule has 1 aliphatic rings. The molecule has 4 nitrogen and oxygen atoms in total. The van der Waals surface area contributed by atoms with Crippen LogP contribution in [0.1, 0.15) is 29.3 Å². The predicted octanol–water partition coefficient (Wildman–Crippen LogP) is 3.93. The summed E-state index contributed by atoms with van der Waals surface area (Å²) in [4.78, 5) is 14.5. The van der Waals surface area contributed by atoms with Crippen molar-refractivity contribution in [2.24, 2.45) is 0 Å². The van der Waals surface area contributed by atoms with Gasteiger partial charge in [-0.3, -0.25) is 4.79 Å². The Morgan fingerprint density at radius 1 is 1.39 bits per heavy atom. The second-order valence-electron chi connectivity index (χ2n) is 5.42. The van der Waals surface area contributed by atoms with Crippen LogP contribution in [-0.4, -0.2) is 16.3 Å². The van der Waals surface area contributed by atoms with Crippen molar-refractivity contribution < 1.29 is 9.90 Å². The first-order valence-electron chi connectivity index (χ1n) is 7.39. The number of carbonyl (C=O) groups excluding carboxylic acids is 1. The Balaban J connectivity index is 1.69.